The summed E-state index contributed by atoms with van der Waals surface area (Å²) in [7, 11) is 1.57. The second-order valence-electron chi connectivity index (χ2n) is 5.54. The Hall–Kier alpha value is -1.14. The van der Waals surface area contributed by atoms with E-state index in [1.807, 2.05) is 0 Å². The van der Waals surface area contributed by atoms with Gasteiger partial charge in [-0.25, -0.2) is 0 Å². The number of nitrogens with two attached hydrogens (primary N) is 1. The molecule has 1 heterocycles. The molecule has 1 atom stereocenters. The standard InChI is InChI=1S/C13H23N3O3/c1-15-12(18)10-9-19-7-6-16(10)11(17)8-13(14)4-2-3-5-13/h10H,2-9,14H2,1H3,(H,15,18). The van der Waals surface area contributed by atoms with Crippen LogP contribution in [0.4, 0.5) is 0 Å². The molecule has 0 aromatic carbocycles. The molecule has 108 valence electrons. The van der Waals surface area contributed by atoms with Crippen molar-refractivity contribution in [2.24, 2.45) is 5.73 Å². The molecule has 2 rings (SSSR count). The SMILES string of the molecule is CNC(=O)C1COCCN1C(=O)CC1(N)CCCC1. The van der Waals surface area contributed by atoms with Crippen molar-refractivity contribution in [1.29, 1.82) is 0 Å². The molecule has 1 saturated carbocycles. The molecule has 1 aliphatic carbocycles. The Balaban J connectivity index is 2.01. The summed E-state index contributed by atoms with van der Waals surface area (Å²) in [4.78, 5) is 25.8. The fraction of sp³-hybridized carbons (Fsp3) is 0.846. The maximum absolute atomic E-state index is 12.4. The summed E-state index contributed by atoms with van der Waals surface area (Å²) in [6.45, 7) is 1.22. The highest BCUT2D eigenvalue weighted by molar-refractivity contribution is 5.88. The lowest BCUT2D eigenvalue weighted by atomic mass is 9.93. The fourth-order valence-electron chi connectivity index (χ4n) is 2.94. The third kappa shape index (κ3) is 3.25. The lowest BCUT2D eigenvalue weighted by Crippen LogP contribution is -2.57. The average Bonchev–Trinajstić information content (AvgIpc) is 2.84. The van der Waals surface area contributed by atoms with Crippen LogP contribution >= 0.6 is 0 Å². The van der Waals surface area contributed by atoms with Crippen LogP contribution in [-0.2, 0) is 14.3 Å². The Morgan fingerprint density at radius 2 is 2.11 bits per heavy atom. The van der Waals surface area contributed by atoms with Crippen molar-refractivity contribution in [2.75, 3.05) is 26.8 Å². The van der Waals surface area contributed by atoms with E-state index in [9.17, 15) is 9.59 Å². The first-order chi connectivity index (χ1) is 9.06. The summed E-state index contributed by atoms with van der Waals surface area (Å²) < 4.78 is 5.29. The summed E-state index contributed by atoms with van der Waals surface area (Å²) >= 11 is 0. The number of rotatable bonds is 3. The van der Waals surface area contributed by atoms with Crippen molar-refractivity contribution in [2.45, 2.75) is 43.7 Å². The minimum Gasteiger partial charge on any atom is -0.377 e. The number of nitrogens with zero attached hydrogens (tertiary/aromatic N) is 1. The van der Waals surface area contributed by atoms with Gasteiger partial charge in [-0.05, 0) is 12.8 Å². The van der Waals surface area contributed by atoms with E-state index in [1.54, 1.807) is 11.9 Å². The van der Waals surface area contributed by atoms with Crippen LogP contribution in [0.1, 0.15) is 32.1 Å². The Morgan fingerprint density at radius 3 is 2.74 bits per heavy atom. The predicted molar refractivity (Wildman–Crippen MR) is 70.4 cm³/mol. The maximum Gasteiger partial charge on any atom is 0.244 e. The zero-order chi connectivity index (χ0) is 13.9. The number of carbonyl (C=O) groups is 2. The molecule has 0 aromatic heterocycles. The van der Waals surface area contributed by atoms with Crippen LogP contribution < -0.4 is 11.1 Å². The molecule has 1 unspecified atom stereocenters. The monoisotopic (exact) mass is 269 g/mol. The van der Waals surface area contributed by atoms with Gasteiger partial charge in [-0.15, -0.1) is 0 Å². The molecular weight excluding hydrogens is 246 g/mol. The fourth-order valence-corrected chi connectivity index (χ4v) is 2.94. The van der Waals surface area contributed by atoms with Crippen LogP contribution in [0, 0.1) is 0 Å². The average molecular weight is 269 g/mol. The number of amides is 2. The van der Waals surface area contributed by atoms with Gasteiger partial charge in [0.05, 0.1) is 13.2 Å². The van der Waals surface area contributed by atoms with Crippen LogP contribution in [0.5, 0.6) is 0 Å². The van der Waals surface area contributed by atoms with E-state index in [4.69, 9.17) is 10.5 Å². The van der Waals surface area contributed by atoms with E-state index >= 15 is 0 Å². The number of hydrogen-bond donors (Lipinski definition) is 2. The molecule has 2 fully saturated rings. The van der Waals surface area contributed by atoms with Crippen LogP contribution in [0.25, 0.3) is 0 Å². The molecule has 0 radical (unpaired) electrons. The minimum absolute atomic E-state index is 0.0266. The summed E-state index contributed by atoms with van der Waals surface area (Å²) in [5.41, 5.74) is 5.87. The first-order valence-corrected chi connectivity index (χ1v) is 6.93. The van der Waals surface area contributed by atoms with Gasteiger partial charge in [-0.2, -0.15) is 0 Å². The lowest BCUT2D eigenvalue weighted by molar-refractivity contribution is -0.149. The number of ether oxygens (including phenoxy) is 1. The van der Waals surface area contributed by atoms with Gasteiger partial charge < -0.3 is 20.7 Å². The van der Waals surface area contributed by atoms with Crippen LogP contribution in [0.15, 0.2) is 0 Å². The van der Waals surface area contributed by atoms with E-state index in [-0.39, 0.29) is 24.0 Å². The smallest absolute Gasteiger partial charge is 0.244 e. The number of carbonyl (C=O) groups excluding carboxylic acids is 2. The molecular formula is C13H23N3O3. The summed E-state index contributed by atoms with van der Waals surface area (Å²) in [6.07, 6.45) is 4.31. The molecule has 2 aliphatic rings. The van der Waals surface area contributed by atoms with Gasteiger partial charge in [0, 0.05) is 25.6 Å². The van der Waals surface area contributed by atoms with E-state index in [0.717, 1.165) is 25.7 Å². The highest BCUT2D eigenvalue weighted by Gasteiger charge is 2.37. The van der Waals surface area contributed by atoms with Crippen LogP contribution in [-0.4, -0.2) is 55.1 Å². The molecule has 3 N–H and O–H groups in total. The first-order valence-electron chi connectivity index (χ1n) is 6.93. The van der Waals surface area contributed by atoms with Gasteiger partial charge in [-0.3, -0.25) is 9.59 Å². The summed E-state index contributed by atoms with van der Waals surface area (Å²) in [5.74, 6) is -0.202. The second-order valence-corrected chi connectivity index (χ2v) is 5.54. The number of nitrogens with one attached hydrogen (secondary N) is 1. The van der Waals surface area contributed by atoms with Gasteiger partial charge in [-0.1, -0.05) is 12.8 Å². The minimum atomic E-state index is -0.517. The Labute approximate surface area is 113 Å². The molecule has 19 heavy (non-hydrogen) atoms. The van der Waals surface area contributed by atoms with E-state index in [0.29, 0.717) is 19.6 Å². The Bertz CT molecular complexity index is 353. The number of likely N-dealkylation sites (N-methyl/N-ethyl adjacent to an activating group) is 1. The second kappa shape index (κ2) is 5.88. The summed E-state index contributed by atoms with van der Waals surface area (Å²) in [5, 5.41) is 2.58. The first kappa shape index (κ1) is 14.3. The predicted octanol–water partition coefficient (Wildman–Crippen LogP) is -0.379. The zero-order valence-corrected chi connectivity index (χ0v) is 11.5. The topological polar surface area (TPSA) is 84.7 Å². The van der Waals surface area contributed by atoms with Gasteiger partial charge in [0.2, 0.25) is 11.8 Å². The van der Waals surface area contributed by atoms with Crippen molar-refractivity contribution in [3.63, 3.8) is 0 Å². The van der Waals surface area contributed by atoms with Gasteiger partial charge >= 0.3 is 0 Å². The molecule has 1 saturated heterocycles. The van der Waals surface area contributed by atoms with Crippen molar-refractivity contribution in [3.05, 3.63) is 0 Å². The molecule has 1 aliphatic heterocycles. The van der Waals surface area contributed by atoms with Crippen LogP contribution in [0.2, 0.25) is 0 Å². The van der Waals surface area contributed by atoms with Gasteiger partial charge in [0.25, 0.3) is 0 Å². The molecule has 6 heteroatoms. The van der Waals surface area contributed by atoms with E-state index in [2.05, 4.69) is 5.32 Å². The van der Waals surface area contributed by atoms with Gasteiger partial charge in [0.1, 0.15) is 6.04 Å². The Morgan fingerprint density at radius 1 is 1.42 bits per heavy atom. The molecule has 2 amide bonds. The third-order valence-electron chi connectivity index (χ3n) is 4.10. The van der Waals surface area contributed by atoms with E-state index in [1.165, 1.54) is 0 Å². The number of hydrogen-bond acceptors (Lipinski definition) is 4. The normalized spacial score (nSPS) is 26.2. The van der Waals surface area contributed by atoms with Crippen molar-refractivity contribution >= 4 is 11.8 Å². The molecule has 0 bridgehead atoms. The molecule has 6 nitrogen and oxygen atoms in total. The maximum atomic E-state index is 12.4. The van der Waals surface area contributed by atoms with Crippen LogP contribution in [0.3, 0.4) is 0 Å². The van der Waals surface area contributed by atoms with E-state index < -0.39 is 6.04 Å². The Kier molecular flexibility index (Phi) is 4.42. The van der Waals surface area contributed by atoms with Crippen molar-refractivity contribution < 1.29 is 14.3 Å². The molecule has 0 aromatic rings. The quantitative estimate of drug-likeness (QED) is 0.731. The largest absolute Gasteiger partial charge is 0.377 e. The summed E-state index contributed by atoms with van der Waals surface area (Å²) in [6, 6.07) is -0.517. The third-order valence-corrected chi connectivity index (χ3v) is 4.10. The molecule has 0 spiro atoms. The van der Waals surface area contributed by atoms with Gasteiger partial charge in [0.15, 0.2) is 0 Å². The van der Waals surface area contributed by atoms with Crippen molar-refractivity contribution in [3.8, 4) is 0 Å². The highest BCUT2D eigenvalue weighted by Crippen LogP contribution is 2.31. The lowest BCUT2D eigenvalue weighted by Gasteiger charge is -2.36. The van der Waals surface area contributed by atoms with Crippen molar-refractivity contribution in [1.82, 2.24) is 10.2 Å². The zero-order valence-electron chi connectivity index (χ0n) is 11.5. The number of morpholine rings is 1. The highest BCUT2D eigenvalue weighted by atomic mass is 16.5.